The van der Waals surface area contributed by atoms with Crippen LogP contribution in [0.15, 0.2) is 30.7 Å². The van der Waals surface area contributed by atoms with Crippen LogP contribution in [-0.2, 0) is 6.54 Å². The van der Waals surface area contributed by atoms with Gasteiger partial charge < -0.3 is 5.32 Å². The van der Waals surface area contributed by atoms with E-state index in [4.69, 9.17) is 0 Å². The van der Waals surface area contributed by atoms with E-state index in [1.54, 1.807) is 23.7 Å². The Labute approximate surface area is 99.6 Å². The lowest BCUT2D eigenvalue weighted by molar-refractivity contribution is 0.593. The Morgan fingerprint density at radius 2 is 2.06 bits per heavy atom. The molecule has 1 N–H and O–H groups in total. The molecule has 0 atom stereocenters. The van der Waals surface area contributed by atoms with Gasteiger partial charge in [-0.05, 0) is 12.1 Å². The Morgan fingerprint density at radius 3 is 2.75 bits per heavy atom. The molecule has 16 heavy (non-hydrogen) atoms. The third-order valence-electron chi connectivity index (χ3n) is 2.17. The molecule has 2 aromatic rings. The predicted octanol–water partition coefficient (Wildman–Crippen LogP) is 2.70. The molecule has 0 aromatic carbocycles. The van der Waals surface area contributed by atoms with Gasteiger partial charge in [0, 0.05) is 41.6 Å². The van der Waals surface area contributed by atoms with Gasteiger partial charge in [0.05, 0.1) is 0 Å². The van der Waals surface area contributed by atoms with Gasteiger partial charge >= 0.3 is 0 Å². The highest BCUT2D eigenvalue weighted by atomic mass is 32.1. The van der Waals surface area contributed by atoms with Gasteiger partial charge in [0.25, 0.3) is 0 Å². The summed E-state index contributed by atoms with van der Waals surface area (Å²) in [7, 11) is 0. The van der Waals surface area contributed by atoms with Crippen LogP contribution in [0.5, 0.6) is 0 Å². The standard InChI is InChI=1S/C12H15N3S/c1-9(2)14-7-11-8-15-12(16-11)10-3-5-13-6-4-10/h3-6,8-9,14H,7H2,1-2H3. The zero-order valence-electron chi connectivity index (χ0n) is 9.47. The van der Waals surface area contributed by atoms with Gasteiger partial charge in [-0.25, -0.2) is 4.98 Å². The normalized spacial score (nSPS) is 10.9. The van der Waals surface area contributed by atoms with Gasteiger partial charge in [0.1, 0.15) is 5.01 Å². The zero-order valence-corrected chi connectivity index (χ0v) is 10.3. The van der Waals surface area contributed by atoms with Crippen molar-refractivity contribution in [3.8, 4) is 10.6 Å². The number of nitrogens with one attached hydrogen (secondary N) is 1. The Bertz CT molecular complexity index is 437. The highest BCUT2D eigenvalue weighted by molar-refractivity contribution is 7.15. The molecule has 3 nitrogen and oxygen atoms in total. The van der Waals surface area contributed by atoms with E-state index in [0.717, 1.165) is 17.1 Å². The molecule has 0 fully saturated rings. The molecule has 0 saturated carbocycles. The number of pyridine rings is 1. The van der Waals surface area contributed by atoms with E-state index >= 15 is 0 Å². The molecular formula is C12H15N3S. The molecule has 4 heteroatoms. The van der Waals surface area contributed by atoms with Crippen molar-refractivity contribution in [3.63, 3.8) is 0 Å². The summed E-state index contributed by atoms with van der Waals surface area (Å²) in [4.78, 5) is 9.68. The largest absolute Gasteiger partial charge is 0.310 e. The van der Waals surface area contributed by atoms with Crippen molar-refractivity contribution in [2.45, 2.75) is 26.4 Å². The van der Waals surface area contributed by atoms with Crippen molar-refractivity contribution in [2.24, 2.45) is 0 Å². The number of hydrogen-bond acceptors (Lipinski definition) is 4. The quantitative estimate of drug-likeness (QED) is 0.882. The second-order valence-electron chi connectivity index (χ2n) is 3.90. The molecule has 0 bridgehead atoms. The number of nitrogens with zero attached hydrogens (tertiary/aromatic N) is 2. The molecule has 0 unspecified atom stereocenters. The van der Waals surface area contributed by atoms with E-state index in [0.29, 0.717) is 6.04 Å². The second-order valence-corrected chi connectivity index (χ2v) is 5.02. The van der Waals surface area contributed by atoms with E-state index in [1.807, 2.05) is 18.3 Å². The lowest BCUT2D eigenvalue weighted by Gasteiger charge is -2.04. The van der Waals surface area contributed by atoms with Crippen LogP contribution in [0, 0.1) is 0 Å². The van der Waals surface area contributed by atoms with Gasteiger partial charge in [-0.15, -0.1) is 11.3 Å². The maximum absolute atomic E-state index is 4.42. The molecule has 2 aromatic heterocycles. The Morgan fingerprint density at radius 1 is 1.31 bits per heavy atom. The van der Waals surface area contributed by atoms with Crippen molar-refractivity contribution in [3.05, 3.63) is 35.6 Å². The molecule has 0 aliphatic heterocycles. The van der Waals surface area contributed by atoms with Crippen molar-refractivity contribution in [1.29, 1.82) is 0 Å². The van der Waals surface area contributed by atoms with Crippen LogP contribution in [0.1, 0.15) is 18.7 Å². The third-order valence-corrected chi connectivity index (χ3v) is 3.21. The number of thiazole rings is 1. The van der Waals surface area contributed by atoms with Crippen molar-refractivity contribution in [1.82, 2.24) is 15.3 Å². The van der Waals surface area contributed by atoms with Crippen LogP contribution in [-0.4, -0.2) is 16.0 Å². The molecular weight excluding hydrogens is 218 g/mol. The van der Waals surface area contributed by atoms with Gasteiger partial charge in [-0.2, -0.15) is 0 Å². The number of rotatable bonds is 4. The monoisotopic (exact) mass is 233 g/mol. The highest BCUT2D eigenvalue weighted by Crippen LogP contribution is 2.24. The maximum atomic E-state index is 4.42. The smallest absolute Gasteiger partial charge is 0.123 e. The van der Waals surface area contributed by atoms with Crippen molar-refractivity contribution < 1.29 is 0 Å². The molecule has 2 rings (SSSR count). The maximum Gasteiger partial charge on any atom is 0.123 e. The molecule has 0 radical (unpaired) electrons. The zero-order chi connectivity index (χ0) is 11.4. The van der Waals surface area contributed by atoms with Crippen molar-refractivity contribution in [2.75, 3.05) is 0 Å². The Hall–Kier alpha value is -1.26. The first kappa shape index (κ1) is 11.2. The first-order chi connectivity index (χ1) is 7.75. The van der Waals surface area contributed by atoms with Crippen LogP contribution in [0.25, 0.3) is 10.6 Å². The van der Waals surface area contributed by atoms with Gasteiger partial charge in [-0.3, -0.25) is 4.98 Å². The molecule has 84 valence electrons. The molecule has 0 aliphatic carbocycles. The van der Waals surface area contributed by atoms with Crippen LogP contribution in [0.3, 0.4) is 0 Å². The summed E-state index contributed by atoms with van der Waals surface area (Å²) in [6, 6.07) is 4.48. The summed E-state index contributed by atoms with van der Waals surface area (Å²) in [5.41, 5.74) is 1.13. The molecule has 0 aliphatic rings. The van der Waals surface area contributed by atoms with Crippen LogP contribution < -0.4 is 5.32 Å². The summed E-state index contributed by atoms with van der Waals surface area (Å²) in [5.74, 6) is 0. The summed E-state index contributed by atoms with van der Waals surface area (Å²) >= 11 is 1.73. The van der Waals surface area contributed by atoms with Gasteiger partial charge in [0.2, 0.25) is 0 Å². The Kier molecular flexibility index (Phi) is 3.64. The summed E-state index contributed by atoms with van der Waals surface area (Å²) in [5, 5.41) is 4.44. The Balaban J connectivity index is 2.08. The van der Waals surface area contributed by atoms with Gasteiger partial charge in [-0.1, -0.05) is 13.8 Å². The fourth-order valence-corrected chi connectivity index (χ4v) is 2.19. The average molecular weight is 233 g/mol. The van der Waals surface area contributed by atoms with E-state index in [-0.39, 0.29) is 0 Å². The minimum absolute atomic E-state index is 0.506. The topological polar surface area (TPSA) is 37.8 Å². The minimum Gasteiger partial charge on any atom is -0.310 e. The average Bonchev–Trinajstić information content (AvgIpc) is 2.76. The lowest BCUT2D eigenvalue weighted by Crippen LogP contribution is -2.21. The second kappa shape index (κ2) is 5.18. The molecule has 0 spiro atoms. The van der Waals surface area contributed by atoms with Crippen LogP contribution in [0.2, 0.25) is 0 Å². The molecule has 0 saturated heterocycles. The summed E-state index contributed by atoms with van der Waals surface area (Å²) in [6.07, 6.45) is 5.53. The van der Waals surface area contributed by atoms with E-state index in [9.17, 15) is 0 Å². The first-order valence-electron chi connectivity index (χ1n) is 5.34. The highest BCUT2D eigenvalue weighted by Gasteiger charge is 2.04. The number of aromatic nitrogens is 2. The third kappa shape index (κ3) is 2.87. The number of hydrogen-bond donors (Lipinski definition) is 1. The van der Waals surface area contributed by atoms with Gasteiger partial charge in [0.15, 0.2) is 0 Å². The lowest BCUT2D eigenvalue weighted by atomic mass is 10.3. The molecule has 0 amide bonds. The predicted molar refractivity (Wildman–Crippen MR) is 67.3 cm³/mol. The SMILES string of the molecule is CC(C)NCc1cnc(-c2ccncc2)s1. The molecule has 2 heterocycles. The van der Waals surface area contributed by atoms with E-state index in [2.05, 4.69) is 29.1 Å². The summed E-state index contributed by atoms with van der Waals surface area (Å²) < 4.78 is 0. The van der Waals surface area contributed by atoms with E-state index in [1.165, 1.54) is 4.88 Å². The minimum atomic E-state index is 0.506. The fourth-order valence-electron chi connectivity index (χ4n) is 1.32. The van der Waals surface area contributed by atoms with Crippen molar-refractivity contribution >= 4 is 11.3 Å². The summed E-state index contributed by atoms with van der Waals surface area (Å²) in [6.45, 7) is 5.18. The van der Waals surface area contributed by atoms with Crippen LogP contribution in [0.4, 0.5) is 0 Å². The first-order valence-corrected chi connectivity index (χ1v) is 6.16. The van der Waals surface area contributed by atoms with E-state index < -0.39 is 0 Å². The fraction of sp³-hybridized carbons (Fsp3) is 0.333. The van der Waals surface area contributed by atoms with Crippen LogP contribution >= 0.6 is 11.3 Å².